The molecule has 0 heterocycles. The van der Waals surface area contributed by atoms with Crippen LogP contribution in [0.1, 0.15) is 50.2 Å². The van der Waals surface area contributed by atoms with Crippen LogP contribution in [0.25, 0.3) is 0 Å². The van der Waals surface area contributed by atoms with Crippen molar-refractivity contribution in [2.75, 3.05) is 6.54 Å². The van der Waals surface area contributed by atoms with Crippen LogP contribution in [0.2, 0.25) is 5.02 Å². The molecule has 100 valence electrons. The summed E-state index contributed by atoms with van der Waals surface area (Å²) in [5.41, 5.74) is 2.99. The van der Waals surface area contributed by atoms with Gasteiger partial charge in [-0.05, 0) is 48.8 Å². The first kappa shape index (κ1) is 13.9. The zero-order valence-electron chi connectivity index (χ0n) is 11.6. The molecular formula is C16H24ClN. The van der Waals surface area contributed by atoms with Gasteiger partial charge in [-0.25, -0.2) is 0 Å². The van der Waals surface area contributed by atoms with Crippen molar-refractivity contribution >= 4 is 11.6 Å². The maximum atomic E-state index is 6.25. The van der Waals surface area contributed by atoms with Gasteiger partial charge in [-0.2, -0.15) is 0 Å². The van der Waals surface area contributed by atoms with Crippen molar-refractivity contribution < 1.29 is 0 Å². The van der Waals surface area contributed by atoms with Crippen LogP contribution < -0.4 is 5.32 Å². The number of benzene rings is 1. The van der Waals surface area contributed by atoms with Gasteiger partial charge in [0, 0.05) is 18.1 Å². The molecule has 18 heavy (non-hydrogen) atoms. The molecule has 2 rings (SSSR count). The molecule has 1 aliphatic rings. The summed E-state index contributed by atoms with van der Waals surface area (Å²) in [4.78, 5) is 0. The van der Waals surface area contributed by atoms with Crippen LogP contribution in [0.3, 0.4) is 0 Å². The smallest absolute Gasteiger partial charge is 0.0453 e. The third-order valence-electron chi connectivity index (χ3n) is 4.44. The standard InChI is InChI=1S/C16H24ClN/c1-3-16(8-4-5-9-16)12-18-11-14-7-6-13(2)10-15(14)17/h6-7,10,18H,3-5,8-9,11-12H2,1-2H3. The molecule has 1 N–H and O–H groups in total. The fraction of sp³-hybridized carbons (Fsp3) is 0.625. The lowest BCUT2D eigenvalue weighted by Gasteiger charge is -2.28. The molecule has 0 unspecified atom stereocenters. The molecule has 0 aliphatic heterocycles. The van der Waals surface area contributed by atoms with Crippen LogP contribution in [0, 0.1) is 12.3 Å². The van der Waals surface area contributed by atoms with Crippen LogP contribution in [0.4, 0.5) is 0 Å². The molecule has 2 heteroatoms. The zero-order valence-corrected chi connectivity index (χ0v) is 12.3. The fourth-order valence-electron chi connectivity index (χ4n) is 3.04. The van der Waals surface area contributed by atoms with Crippen LogP contribution in [-0.4, -0.2) is 6.54 Å². The summed E-state index contributed by atoms with van der Waals surface area (Å²) in [7, 11) is 0. The van der Waals surface area contributed by atoms with E-state index in [1.165, 1.54) is 43.2 Å². The largest absolute Gasteiger partial charge is 0.312 e. The summed E-state index contributed by atoms with van der Waals surface area (Å²) in [6, 6.07) is 6.32. The zero-order chi connectivity index (χ0) is 13.0. The first-order chi connectivity index (χ1) is 8.65. The Kier molecular flexibility index (Phi) is 4.69. The van der Waals surface area contributed by atoms with E-state index in [1.54, 1.807) is 0 Å². The number of nitrogens with one attached hydrogen (secondary N) is 1. The van der Waals surface area contributed by atoms with Gasteiger partial charge in [0.25, 0.3) is 0 Å². The number of hydrogen-bond acceptors (Lipinski definition) is 1. The van der Waals surface area contributed by atoms with Crippen LogP contribution in [-0.2, 0) is 6.54 Å². The summed E-state index contributed by atoms with van der Waals surface area (Å²) in [6.07, 6.45) is 6.87. The van der Waals surface area contributed by atoms with Gasteiger partial charge < -0.3 is 5.32 Å². The summed E-state index contributed by atoms with van der Waals surface area (Å²) >= 11 is 6.25. The minimum Gasteiger partial charge on any atom is -0.312 e. The van der Waals surface area contributed by atoms with E-state index in [0.717, 1.165) is 18.1 Å². The van der Waals surface area contributed by atoms with E-state index in [0.29, 0.717) is 5.41 Å². The molecule has 1 aromatic carbocycles. The van der Waals surface area contributed by atoms with Gasteiger partial charge >= 0.3 is 0 Å². The van der Waals surface area contributed by atoms with Crippen molar-refractivity contribution in [1.29, 1.82) is 0 Å². The molecule has 0 saturated heterocycles. The van der Waals surface area contributed by atoms with E-state index < -0.39 is 0 Å². The van der Waals surface area contributed by atoms with Gasteiger partial charge in [-0.3, -0.25) is 0 Å². The highest BCUT2D eigenvalue weighted by atomic mass is 35.5. The van der Waals surface area contributed by atoms with E-state index in [4.69, 9.17) is 11.6 Å². The number of aryl methyl sites for hydroxylation is 1. The molecule has 1 fully saturated rings. The Balaban J connectivity index is 1.88. The highest BCUT2D eigenvalue weighted by Crippen LogP contribution is 2.40. The van der Waals surface area contributed by atoms with E-state index in [1.807, 2.05) is 6.07 Å². The van der Waals surface area contributed by atoms with Gasteiger partial charge in [-0.15, -0.1) is 0 Å². The van der Waals surface area contributed by atoms with Crippen molar-refractivity contribution in [3.63, 3.8) is 0 Å². The number of rotatable bonds is 5. The molecule has 0 spiro atoms. The predicted molar refractivity (Wildman–Crippen MR) is 79.1 cm³/mol. The summed E-state index contributed by atoms with van der Waals surface area (Å²) in [5.74, 6) is 0. The molecule has 0 bridgehead atoms. The van der Waals surface area contributed by atoms with Crippen LogP contribution in [0.15, 0.2) is 18.2 Å². The molecule has 0 radical (unpaired) electrons. The molecule has 1 nitrogen and oxygen atoms in total. The Morgan fingerprint density at radius 3 is 2.61 bits per heavy atom. The summed E-state index contributed by atoms with van der Waals surface area (Å²) in [6.45, 7) is 6.42. The second-order valence-corrected chi connectivity index (χ2v) is 6.17. The quantitative estimate of drug-likeness (QED) is 0.813. The maximum absolute atomic E-state index is 6.25. The first-order valence-electron chi connectivity index (χ1n) is 7.11. The first-order valence-corrected chi connectivity index (χ1v) is 7.49. The monoisotopic (exact) mass is 265 g/mol. The Bertz CT molecular complexity index is 394. The Morgan fingerprint density at radius 2 is 2.00 bits per heavy atom. The number of hydrogen-bond donors (Lipinski definition) is 1. The lowest BCUT2D eigenvalue weighted by molar-refractivity contribution is 0.268. The molecule has 1 aliphatic carbocycles. The molecule has 0 amide bonds. The maximum Gasteiger partial charge on any atom is 0.0453 e. The SMILES string of the molecule is CCC1(CNCc2ccc(C)cc2Cl)CCCC1. The second kappa shape index (κ2) is 6.08. The highest BCUT2D eigenvalue weighted by Gasteiger charge is 2.31. The number of halogens is 1. The summed E-state index contributed by atoms with van der Waals surface area (Å²) < 4.78 is 0. The van der Waals surface area contributed by atoms with E-state index >= 15 is 0 Å². The van der Waals surface area contributed by atoms with Gasteiger partial charge in [0.2, 0.25) is 0 Å². The molecule has 1 saturated carbocycles. The van der Waals surface area contributed by atoms with E-state index in [2.05, 4.69) is 31.3 Å². The van der Waals surface area contributed by atoms with E-state index in [9.17, 15) is 0 Å². The fourth-order valence-corrected chi connectivity index (χ4v) is 3.34. The topological polar surface area (TPSA) is 12.0 Å². The average Bonchev–Trinajstić information content (AvgIpc) is 2.81. The van der Waals surface area contributed by atoms with Crippen LogP contribution >= 0.6 is 11.6 Å². The lowest BCUT2D eigenvalue weighted by Crippen LogP contribution is -2.31. The van der Waals surface area contributed by atoms with Gasteiger partial charge in [0.1, 0.15) is 0 Å². The second-order valence-electron chi connectivity index (χ2n) is 5.76. The van der Waals surface area contributed by atoms with Crippen molar-refractivity contribution in [3.05, 3.63) is 34.3 Å². The average molecular weight is 266 g/mol. The van der Waals surface area contributed by atoms with Crippen LogP contribution in [0.5, 0.6) is 0 Å². The van der Waals surface area contributed by atoms with Crippen molar-refractivity contribution in [1.82, 2.24) is 5.32 Å². The third-order valence-corrected chi connectivity index (χ3v) is 4.79. The van der Waals surface area contributed by atoms with Crippen molar-refractivity contribution in [3.8, 4) is 0 Å². The van der Waals surface area contributed by atoms with E-state index in [-0.39, 0.29) is 0 Å². The molecule has 0 aromatic heterocycles. The minimum atomic E-state index is 0.553. The Labute approximate surface area is 116 Å². The van der Waals surface area contributed by atoms with Gasteiger partial charge in [0.05, 0.1) is 0 Å². The minimum absolute atomic E-state index is 0.553. The normalized spacial score (nSPS) is 18.2. The lowest BCUT2D eigenvalue weighted by atomic mass is 9.83. The molecule has 1 aromatic rings. The Morgan fingerprint density at radius 1 is 1.28 bits per heavy atom. The molecular weight excluding hydrogens is 242 g/mol. The third kappa shape index (κ3) is 3.27. The predicted octanol–water partition coefficient (Wildman–Crippen LogP) is 4.71. The van der Waals surface area contributed by atoms with Gasteiger partial charge in [0.15, 0.2) is 0 Å². The summed E-state index contributed by atoms with van der Waals surface area (Å²) in [5, 5.41) is 4.50. The van der Waals surface area contributed by atoms with Gasteiger partial charge in [-0.1, -0.05) is 43.5 Å². The van der Waals surface area contributed by atoms with Crippen molar-refractivity contribution in [2.24, 2.45) is 5.41 Å². The Hall–Kier alpha value is -0.530. The van der Waals surface area contributed by atoms with Crippen molar-refractivity contribution in [2.45, 2.75) is 52.5 Å². The highest BCUT2D eigenvalue weighted by molar-refractivity contribution is 6.31. The molecule has 0 atom stereocenters.